The minimum Gasteiger partial charge on any atom is -0.377 e. The molecule has 0 spiro atoms. The SMILES string of the molecule is FC(F)CN1CCC(OCCCl)CC1. The van der Waals surface area contributed by atoms with Gasteiger partial charge in [0.1, 0.15) is 0 Å². The normalized spacial score (nSPS) is 20.6. The third kappa shape index (κ3) is 4.53. The molecule has 1 heterocycles. The van der Waals surface area contributed by atoms with Crippen LogP contribution >= 0.6 is 11.6 Å². The highest BCUT2D eigenvalue weighted by atomic mass is 35.5. The van der Waals surface area contributed by atoms with Crippen LogP contribution < -0.4 is 0 Å². The quantitative estimate of drug-likeness (QED) is 0.666. The Bertz CT molecular complexity index is 152. The first-order valence-electron chi connectivity index (χ1n) is 4.90. The monoisotopic (exact) mass is 227 g/mol. The van der Waals surface area contributed by atoms with Gasteiger partial charge in [0.25, 0.3) is 6.43 Å². The van der Waals surface area contributed by atoms with Crippen molar-refractivity contribution >= 4 is 11.6 Å². The highest BCUT2D eigenvalue weighted by Gasteiger charge is 2.21. The summed E-state index contributed by atoms with van der Waals surface area (Å²) < 4.78 is 29.5. The lowest BCUT2D eigenvalue weighted by Gasteiger charge is -2.31. The fraction of sp³-hybridized carbons (Fsp3) is 1.00. The van der Waals surface area contributed by atoms with Crippen LogP contribution in [-0.4, -0.2) is 49.6 Å². The highest BCUT2D eigenvalue weighted by Crippen LogP contribution is 2.14. The molecule has 0 aliphatic carbocycles. The van der Waals surface area contributed by atoms with Crippen molar-refractivity contribution in [3.05, 3.63) is 0 Å². The number of likely N-dealkylation sites (tertiary alicyclic amines) is 1. The number of ether oxygens (including phenoxy) is 1. The average Bonchev–Trinajstić information content (AvgIpc) is 2.16. The molecule has 1 fully saturated rings. The van der Waals surface area contributed by atoms with Crippen LogP contribution in [0.1, 0.15) is 12.8 Å². The summed E-state index contributed by atoms with van der Waals surface area (Å²) in [5, 5.41) is 0. The van der Waals surface area contributed by atoms with Gasteiger partial charge in [0, 0.05) is 19.0 Å². The molecule has 0 saturated carbocycles. The Morgan fingerprint density at radius 3 is 2.50 bits per heavy atom. The smallest absolute Gasteiger partial charge is 0.251 e. The first kappa shape index (κ1) is 12.1. The molecule has 14 heavy (non-hydrogen) atoms. The lowest BCUT2D eigenvalue weighted by molar-refractivity contribution is -0.000209. The molecule has 1 aliphatic heterocycles. The van der Waals surface area contributed by atoms with Crippen molar-refractivity contribution < 1.29 is 13.5 Å². The van der Waals surface area contributed by atoms with Crippen LogP contribution in [0.4, 0.5) is 8.78 Å². The Morgan fingerprint density at radius 2 is 2.00 bits per heavy atom. The van der Waals surface area contributed by atoms with Gasteiger partial charge in [-0.25, -0.2) is 8.78 Å². The maximum atomic E-state index is 12.0. The zero-order valence-electron chi connectivity index (χ0n) is 8.09. The van der Waals surface area contributed by atoms with E-state index in [-0.39, 0.29) is 12.6 Å². The summed E-state index contributed by atoms with van der Waals surface area (Å²) in [4.78, 5) is 1.78. The van der Waals surface area contributed by atoms with E-state index in [4.69, 9.17) is 16.3 Å². The Morgan fingerprint density at radius 1 is 1.36 bits per heavy atom. The number of piperidine rings is 1. The molecule has 0 aromatic heterocycles. The van der Waals surface area contributed by atoms with E-state index in [1.165, 1.54) is 0 Å². The Balaban J connectivity index is 2.11. The Kier molecular flexibility index (Phi) is 5.67. The summed E-state index contributed by atoms with van der Waals surface area (Å²) in [5.74, 6) is 0.497. The number of alkyl halides is 3. The van der Waals surface area contributed by atoms with Gasteiger partial charge in [-0.3, -0.25) is 4.90 Å². The molecule has 0 atom stereocenters. The van der Waals surface area contributed by atoms with Gasteiger partial charge in [-0.1, -0.05) is 0 Å². The fourth-order valence-corrected chi connectivity index (χ4v) is 1.75. The summed E-state index contributed by atoms with van der Waals surface area (Å²) in [5.41, 5.74) is 0. The summed E-state index contributed by atoms with van der Waals surface area (Å²) >= 11 is 5.48. The summed E-state index contributed by atoms with van der Waals surface area (Å²) in [7, 11) is 0. The molecule has 2 nitrogen and oxygen atoms in total. The van der Waals surface area contributed by atoms with Gasteiger partial charge in [-0.15, -0.1) is 11.6 Å². The zero-order chi connectivity index (χ0) is 10.4. The van der Waals surface area contributed by atoms with Crippen molar-refractivity contribution in [2.75, 3.05) is 32.1 Å². The average molecular weight is 228 g/mol. The van der Waals surface area contributed by atoms with Crippen LogP contribution in [0.2, 0.25) is 0 Å². The van der Waals surface area contributed by atoms with Crippen molar-refractivity contribution in [1.29, 1.82) is 0 Å². The van der Waals surface area contributed by atoms with Gasteiger partial charge in [0.2, 0.25) is 0 Å². The lowest BCUT2D eigenvalue weighted by atomic mass is 10.1. The predicted octanol–water partition coefficient (Wildman–Crippen LogP) is 1.97. The minimum absolute atomic E-state index is 0.109. The van der Waals surface area contributed by atoms with Gasteiger partial charge >= 0.3 is 0 Å². The van der Waals surface area contributed by atoms with Gasteiger partial charge in [0.15, 0.2) is 0 Å². The third-order valence-corrected chi connectivity index (χ3v) is 2.52. The first-order valence-corrected chi connectivity index (χ1v) is 5.44. The van der Waals surface area contributed by atoms with Crippen LogP contribution in [0.5, 0.6) is 0 Å². The van der Waals surface area contributed by atoms with E-state index in [0.717, 1.165) is 12.8 Å². The second kappa shape index (κ2) is 6.53. The van der Waals surface area contributed by atoms with E-state index < -0.39 is 6.43 Å². The van der Waals surface area contributed by atoms with Crippen LogP contribution in [-0.2, 0) is 4.74 Å². The number of hydrogen-bond donors (Lipinski definition) is 0. The van der Waals surface area contributed by atoms with Crippen molar-refractivity contribution in [2.24, 2.45) is 0 Å². The number of hydrogen-bond acceptors (Lipinski definition) is 2. The van der Waals surface area contributed by atoms with Crippen molar-refractivity contribution in [1.82, 2.24) is 4.90 Å². The van der Waals surface area contributed by atoms with Crippen LogP contribution in [0.25, 0.3) is 0 Å². The van der Waals surface area contributed by atoms with E-state index in [1.807, 2.05) is 0 Å². The van der Waals surface area contributed by atoms with Gasteiger partial charge < -0.3 is 4.74 Å². The molecule has 0 unspecified atom stereocenters. The van der Waals surface area contributed by atoms with Crippen molar-refractivity contribution in [3.63, 3.8) is 0 Å². The zero-order valence-corrected chi connectivity index (χ0v) is 8.85. The molecule has 0 N–H and O–H groups in total. The molecule has 0 radical (unpaired) electrons. The second-order valence-corrected chi connectivity index (χ2v) is 3.83. The molecule has 1 aliphatic rings. The third-order valence-electron chi connectivity index (χ3n) is 2.36. The van der Waals surface area contributed by atoms with E-state index >= 15 is 0 Å². The van der Waals surface area contributed by atoms with E-state index in [0.29, 0.717) is 25.6 Å². The molecular formula is C9H16ClF2NO. The van der Waals surface area contributed by atoms with Gasteiger partial charge in [-0.2, -0.15) is 0 Å². The predicted molar refractivity (Wildman–Crippen MR) is 52.1 cm³/mol. The van der Waals surface area contributed by atoms with E-state index in [1.54, 1.807) is 4.90 Å². The molecule has 1 rings (SSSR count). The molecule has 5 heteroatoms. The fourth-order valence-electron chi connectivity index (χ4n) is 1.66. The van der Waals surface area contributed by atoms with Crippen LogP contribution in [0, 0.1) is 0 Å². The molecule has 0 aromatic carbocycles. The highest BCUT2D eigenvalue weighted by molar-refractivity contribution is 6.17. The Labute approximate surface area is 88.2 Å². The maximum absolute atomic E-state index is 12.0. The summed E-state index contributed by atoms with van der Waals surface area (Å²) in [6, 6.07) is 0. The largest absolute Gasteiger partial charge is 0.377 e. The maximum Gasteiger partial charge on any atom is 0.251 e. The molecule has 0 aromatic rings. The van der Waals surface area contributed by atoms with Crippen molar-refractivity contribution in [3.8, 4) is 0 Å². The van der Waals surface area contributed by atoms with Gasteiger partial charge in [-0.05, 0) is 12.8 Å². The number of rotatable bonds is 5. The molecule has 0 amide bonds. The van der Waals surface area contributed by atoms with E-state index in [2.05, 4.69) is 0 Å². The van der Waals surface area contributed by atoms with Crippen LogP contribution in [0.3, 0.4) is 0 Å². The van der Waals surface area contributed by atoms with E-state index in [9.17, 15) is 8.78 Å². The topological polar surface area (TPSA) is 12.5 Å². The van der Waals surface area contributed by atoms with Crippen molar-refractivity contribution in [2.45, 2.75) is 25.4 Å². The molecule has 0 bridgehead atoms. The molecule has 1 saturated heterocycles. The summed E-state index contributed by atoms with van der Waals surface area (Å²) in [6.45, 7) is 1.86. The molecular weight excluding hydrogens is 212 g/mol. The summed E-state index contributed by atoms with van der Waals surface area (Å²) in [6.07, 6.45) is -0.342. The standard InChI is InChI=1S/C9H16ClF2NO/c10-3-6-14-8-1-4-13(5-2-8)7-9(11)12/h8-9H,1-7H2. The second-order valence-electron chi connectivity index (χ2n) is 3.45. The first-order chi connectivity index (χ1) is 6.72. The number of nitrogens with zero attached hydrogens (tertiary/aromatic N) is 1. The number of halogens is 3. The van der Waals surface area contributed by atoms with Gasteiger partial charge in [0.05, 0.1) is 19.3 Å². The van der Waals surface area contributed by atoms with Crippen LogP contribution in [0.15, 0.2) is 0 Å². The minimum atomic E-state index is -2.23. The Hall–Kier alpha value is 0.0700. The lowest BCUT2D eigenvalue weighted by Crippen LogP contribution is -2.39. The molecule has 84 valence electrons.